The highest BCUT2D eigenvalue weighted by molar-refractivity contribution is 7.13. The highest BCUT2D eigenvalue weighted by Gasteiger charge is 2.22. The molecule has 27 heavy (non-hydrogen) atoms. The van der Waals surface area contributed by atoms with Crippen molar-refractivity contribution in [3.05, 3.63) is 68.9 Å². The Hall–Kier alpha value is -2.61. The average molecular weight is 415 g/mol. The van der Waals surface area contributed by atoms with Crippen molar-refractivity contribution >= 4 is 56.4 Å². The van der Waals surface area contributed by atoms with Crippen LogP contribution in [-0.2, 0) is 6.42 Å². The van der Waals surface area contributed by atoms with Gasteiger partial charge in [-0.2, -0.15) is 0 Å². The zero-order chi connectivity index (χ0) is 19.0. The van der Waals surface area contributed by atoms with Crippen LogP contribution >= 0.6 is 34.5 Å². The molecule has 0 radical (unpaired) electrons. The van der Waals surface area contributed by atoms with E-state index >= 15 is 0 Å². The second kappa shape index (κ2) is 7.19. The molecule has 0 spiro atoms. The molecule has 1 N–H and O–H groups in total. The van der Waals surface area contributed by atoms with Crippen molar-refractivity contribution in [3.8, 4) is 11.1 Å². The lowest BCUT2D eigenvalue weighted by atomic mass is 10.00. The van der Waals surface area contributed by atoms with E-state index in [1.807, 2.05) is 0 Å². The summed E-state index contributed by atoms with van der Waals surface area (Å²) >= 11 is 8.44. The fraction of sp³-hybridized carbons (Fsp3) is 0.0526. The van der Waals surface area contributed by atoms with E-state index in [1.54, 1.807) is 47.8 Å². The molecule has 0 saturated carbocycles. The number of benzene rings is 2. The highest BCUT2D eigenvalue weighted by Crippen LogP contribution is 2.33. The number of halogens is 1. The van der Waals surface area contributed by atoms with Gasteiger partial charge in [0.25, 0.3) is 0 Å². The fourth-order valence-electron chi connectivity index (χ4n) is 2.81. The molecular formula is C19H11ClN2O3S2. The topological polar surface area (TPSA) is 80.2 Å². The van der Waals surface area contributed by atoms with Crippen LogP contribution in [0.1, 0.15) is 25.6 Å². The van der Waals surface area contributed by atoms with Crippen molar-refractivity contribution in [2.24, 2.45) is 0 Å². The molecule has 4 rings (SSSR count). The molecule has 0 saturated heterocycles. The number of fused-ring (bicyclic) bond motifs is 1. The predicted octanol–water partition coefficient (Wildman–Crippen LogP) is 5.20. The molecule has 8 heteroatoms. The summed E-state index contributed by atoms with van der Waals surface area (Å²) in [6.07, 6.45) is 0.0168. The summed E-state index contributed by atoms with van der Waals surface area (Å²) in [6.45, 7) is 0. The monoisotopic (exact) mass is 414 g/mol. The largest absolute Gasteiger partial charge is 0.478 e. The van der Waals surface area contributed by atoms with Crippen molar-refractivity contribution in [2.75, 3.05) is 0 Å². The summed E-state index contributed by atoms with van der Waals surface area (Å²) in [5.74, 6) is -1.21. The summed E-state index contributed by atoms with van der Waals surface area (Å²) in [5, 5.41) is 16.0. The summed E-state index contributed by atoms with van der Waals surface area (Å²) in [4.78, 5) is 25.1. The van der Waals surface area contributed by atoms with Crippen molar-refractivity contribution in [3.63, 3.8) is 0 Å². The van der Waals surface area contributed by atoms with Crippen LogP contribution in [0, 0.1) is 0 Å². The zero-order valence-corrected chi connectivity index (χ0v) is 16.1. The summed E-state index contributed by atoms with van der Waals surface area (Å²) < 4.78 is 4.76. The molecule has 0 bridgehead atoms. The summed E-state index contributed by atoms with van der Waals surface area (Å²) in [5.41, 5.74) is 2.66. The average Bonchev–Trinajstić information content (AvgIpc) is 3.28. The van der Waals surface area contributed by atoms with Crippen LogP contribution in [-0.4, -0.2) is 26.4 Å². The number of carboxylic acid groups (broad SMARTS) is 1. The lowest BCUT2D eigenvalue weighted by Gasteiger charge is -2.04. The Morgan fingerprint density at radius 3 is 2.63 bits per heavy atom. The van der Waals surface area contributed by atoms with Crippen LogP contribution in [0.5, 0.6) is 0 Å². The lowest BCUT2D eigenvalue weighted by molar-refractivity contribution is 0.0697. The minimum atomic E-state index is -1.05. The van der Waals surface area contributed by atoms with Crippen LogP contribution in [0.3, 0.4) is 0 Å². The second-order valence-electron chi connectivity index (χ2n) is 5.81. The lowest BCUT2D eigenvalue weighted by Crippen LogP contribution is -2.07. The van der Waals surface area contributed by atoms with E-state index in [0.717, 1.165) is 10.3 Å². The number of ketones is 1. The number of hydrogen-bond acceptors (Lipinski definition) is 6. The molecule has 2 aromatic carbocycles. The van der Waals surface area contributed by atoms with Gasteiger partial charge >= 0.3 is 5.97 Å². The van der Waals surface area contributed by atoms with Gasteiger partial charge in [-0.3, -0.25) is 4.79 Å². The predicted molar refractivity (Wildman–Crippen MR) is 107 cm³/mol. The van der Waals surface area contributed by atoms with Gasteiger partial charge in [-0.1, -0.05) is 28.2 Å². The van der Waals surface area contributed by atoms with Crippen LogP contribution in [0.15, 0.2) is 47.8 Å². The molecule has 0 aliphatic heterocycles. The first-order chi connectivity index (χ1) is 13.0. The van der Waals surface area contributed by atoms with E-state index < -0.39 is 5.97 Å². The second-order valence-corrected chi connectivity index (χ2v) is 8.00. The zero-order valence-electron chi connectivity index (χ0n) is 13.7. The van der Waals surface area contributed by atoms with Gasteiger partial charge in [0.05, 0.1) is 10.3 Å². The number of carbonyl (C=O) groups excluding carboxylic acids is 1. The number of carboxylic acids is 1. The summed E-state index contributed by atoms with van der Waals surface area (Å²) in [7, 11) is 0. The molecule has 0 fully saturated rings. The number of Topliss-reactive ketones (excluding diaryl/α,β-unsaturated/α-hetero) is 1. The van der Waals surface area contributed by atoms with Gasteiger partial charge in [0.15, 0.2) is 5.78 Å². The molecule has 2 aromatic heterocycles. The van der Waals surface area contributed by atoms with Gasteiger partial charge in [-0.25, -0.2) is 4.79 Å². The third-order valence-electron chi connectivity index (χ3n) is 4.13. The van der Waals surface area contributed by atoms with Crippen molar-refractivity contribution in [1.29, 1.82) is 0 Å². The van der Waals surface area contributed by atoms with Gasteiger partial charge in [-0.05, 0) is 52.8 Å². The van der Waals surface area contributed by atoms with E-state index in [1.165, 1.54) is 22.9 Å². The van der Waals surface area contributed by atoms with Gasteiger partial charge in [0, 0.05) is 27.4 Å². The number of aromatic carboxylic acids is 1. The molecular weight excluding hydrogens is 404 g/mol. The van der Waals surface area contributed by atoms with Crippen LogP contribution in [0.2, 0.25) is 5.02 Å². The highest BCUT2D eigenvalue weighted by atomic mass is 35.5. The van der Waals surface area contributed by atoms with Crippen molar-refractivity contribution in [1.82, 2.24) is 9.59 Å². The maximum absolute atomic E-state index is 12.7. The molecule has 0 atom stereocenters. The van der Waals surface area contributed by atoms with E-state index in [2.05, 4.69) is 9.59 Å². The molecule has 0 aliphatic carbocycles. The number of hydrogen-bond donors (Lipinski definition) is 1. The van der Waals surface area contributed by atoms with Gasteiger partial charge in [0.2, 0.25) is 0 Å². The summed E-state index contributed by atoms with van der Waals surface area (Å²) in [6, 6.07) is 12.2. The number of carbonyl (C=O) groups is 2. The molecule has 0 amide bonds. The third-order valence-corrected chi connectivity index (χ3v) is 6.07. The first kappa shape index (κ1) is 17.8. The minimum absolute atomic E-state index is 0.0168. The first-order valence-electron chi connectivity index (χ1n) is 7.88. The van der Waals surface area contributed by atoms with Gasteiger partial charge in [-0.15, -0.1) is 16.4 Å². The Balaban J connectivity index is 1.68. The number of nitrogens with zero attached hydrogens (tertiary/aromatic N) is 2. The Kier molecular flexibility index (Phi) is 4.73. The normalized spacial score (nSPS) is 11.0. The maximum Gasteiger partial charge on any atom is 0.337 e. The quantitative estimate of drug-likeness (QED) is 0.454. The first-order valence-corrected chi connectivity index (χ1v) is 9.91. The minimum Gasteiger partial charge on any atom is -0.478 e. The Morgan fingerprint density at radius 2 is 1.89 bits per heavy atom. The molecule has 134 valence electrons. The van der Waals surface area contributed by atoms with Crippen molar-refractivity contribution < 1.29 is 14.7 Å². The number of rotatable bonds is 5. The number of aromatic nitrogens is 2. The van der Waals surface area contributed by atoms with Crippen LogP contribution in [0.25, 0.3) is 21.3 Å². The standard InChI is InChI=1S/C19H11ClN2O3S2/c20-12-4-1-10(2-5-12)13-9-26-17(18(13)19(24)25)8-15(23)11-3-6-16-14(7-11)21-22-27-16/h1-7,9H,8H2,(H,24,25). The molecule has 0 aliphatic rings. The molecule has 2 heterocycles. The van der Waals surface area contributed by atoms with Gasteiger partial charge < -0.3 is 5.11 Å². The molecule has 0 unspecified atom stereocenters. The SMILES string of the molecule is O=C(Cc1scc(-c2ccc(Cl)cc2)c1C(=O)O)c1ccc2snnc2c1. The fourth-order valence-corrected chi connectivity index (χ4v) is 4.52. The smallest absolute Gasteiger partial charge is 0.337 e. The molecule has 4 aromatic rings. The van der Waals surface area contributed by atoms with E-state index in [0.29, 0.717) is 26.5 Å². The van der Waals surface area contributed by atoms with E-state index in [-0.39, 0.29) is 17.8 Å². The van der Waals surface area contributed by atoms with E-state index in [4.69, 9.17) is 11.6 Å². The molecule has 5 nitrogen and oxygen atoms in total. The van der Waals surface area contributed by atoms with Crippen LogP contribution in [0.4, 0.5) is 0 Å². The Bertz CT molecular complexity index is 1170. The van der Waals surface area contributed by atoms with E-state index in [9.17, 15) is 14.7 Å². The number of thiophene rings is 1. The third kappa shape index (κ3) is 3.49. The van der Waals surface area contributed by atoms with Crippen molar-refractivity contribution in [2.45, 2.75) is 6.42 Å². The Morgan fingerprint density at radius 1 is 1.11 bits per heavy atom. The van der Waals surface area contributed by atoms with Crippen LogP contribution < -0.4 is 0 Å². The maximum atomic E-state index is 12.7. The Labute approximate surface area is 167 Å². The van der Waals surface area contributed by atoms with Gasteiger partial charge in [0.1, 0.15) is 5.52 Å².